The highest BCUT2D eigenvalue weighted by atomic mass is 32.2. The molecule has 4 rings (SSSR count). The molecule has 0 unspecified atom stereocenters. The van der Waals surface area contributed by atoms with Gasteiger partial charge in [0.1, 0.15) is 11.5 Å². The molecule has 1 heterocycles. The third-order valence-electron chi connectivity index (χ3n) is 6.38. The van der Waals surface area contributed by atoms with Gasteiger partial charge in [-0.25, -0.2) is 8.42 Å². The maximum atomic E-state index is 13.8. The summed E-state index contributed by atoms with van der Waals surface area (Å²) < 4.78 is 39.7. The van der Waals surface area contributed by atoms with Gasteiger partial charge in [-0.15, -0.1) is 0 Å². The maximum Gasteiger partial charge on any atom is 0.243 e. The highest BCUT2D eigenvalue weighted by molar-refractivity contribution is 7.89. The molecule has 0 aliphatic carbocycles. The lowest BCUT2D eigenvalue weighted by molar-refractivity contribution is 0.150. The van der Waals surface area contributed by atoms with Crippen LogP contribution in [0.15, 0.2) is 83.8 Å². The van der Waals surface area contributed by atoms with Crippen LogP contribution in [0.5, 0.6) is 11.5 Å². The predicted molar refractivity (Wildman–Crippen MR) is 133 cm³/mol. The van der Waals surface area contributed by atoms with Crippen LogP contribution in [0.1, 0.15) is 24.0 Å². The molecule has 1 saturated heterocycles. The average Bonchev–Trinajstić information content (AvgIpc) is 2.89. The van der Waals surface area contributed by atoms with Crippen molar-refractivity contribution in [1.29, 1.82) is 0 Å². The molecule has 1 aliphatic rings. The van der Waals surface area contributed by atoms with Gasteiger partial charge in [0.15, 0.2) is 0 Å². The number of sulfonamides is 1. The number of hydrogen-bond acceptors (Lipinski definition) is 5. The molecule has 180 valence electrons. The van der Waals surface area contributed by atoms with Crippen molar-refractivity contribution in [3.63, 3.8) is 0 Å². The van der Waals surface area contributed by atoms with Gasteiger partial charge in [0, 0.05) is 32.2 Å². The molecule has 7 heteroatoms. The monoisotopic (exact) mass is 480 g/mol. The number of ether oxygens (including phenoxy) is 2. The van der Waals surface area contributed by atoms with Crippen LogP contribution in [0.25, 0.3) is 0 Å². The molecule has 0 spiro atoms. The summed E-state index contributed by atoms with van der Waals surface area (Å²) in [4.78, 5) is 2.69. The highest BCUT2D eigenvalue weighted by Crippen LogP contribution is 2.28. The van der Waals surface area contributed by atoms with Gasteiger partial charge in [-0.2, -0.15) is 4.31 Å². The molecule has 0 saturated carbocycles. The Bertz CT molecular complexity index is 1140. The van der Waals surface area contributed by atoms with Gasteiger partial charge in [0.25, 0.3) is 0 Å². The topological polar surface area (TPSA) is 59.1 Å². The summed E-state index contributed by atoms with van der Waals surface area (Å²) in [6.45, 7) is 2.92. The number of hydrogen-bond donors (Lipinski definition) is 0. The molecule has 34 heavy (non-hydrogen) atoms. The lowest BCUT2D eigenvalue weighted by Crippen LogP contribution is -2.46. The number of benzene rings is 3. The number of likely N-dealkylation sites (tertiary alicyclic amines) is 1. The molecular weight excluding hydrogens is 448 g/mol. The molecule has 0 bridgehead atoms. The first-order valence-corrected chi connectivity index (χ1v) is 13.0. The second kappa shape index (κ2) is 11.0. The summed E-state index contributed by atoms with van der Waals surface area (Å²) in [7, 11) is -0.492. The first-order valence-electron chi connectivity index (χ1n) is 11.5. The zero-order chi connectivity index (χ0) is 24.0. The third-order valence-corrected chi connectivity index (χ3v) is 8.29. The van der Waals surface area contributed by atoms with Crippen molar-refractivity contribution in [2.24, 2.45) is 0 Å². The predicted octanol–water partition coefficient (Wildman–Crippen LogP) is 4.56. The van der Waals surface area contributed by atoms with Crippen LogP contribution in [-0.4, -0.2) is 51.0 Å². The van der Waals surface area contributed by atoms with E-state index in [0.717, 1.165) is 43.8 Å². The Morgan fingerprint density at radius 1 is 0.794 bits per heavy atom. The molecule has 0 aromatic heterocycles. The van der Waals surface area contributed by atoms with Gasteiger partial charge < -0.3 is 9.47 Å². The van der Waals surface area contributed by atoms with Crippen molar-refractivity contribution in [1.82, 2.24) is 9.21 Å². The van der Waals surface area contributed by atoms with E-state index in [1.54, 1.807) is 42.8 Å². The summed E-state index contributed by atoms with van der Waals surface area (Å²) in [5, 5.41) is 0. The summed E-state index contributed by atoms with van der Waals surface area (Å²) in [6, 6.07) is 24.6. The molecule has 1 aliphatic heterocycles. The smallest absolute Gasteiger partial charge is 0.243 e. The van der Waals surface area contributed by atoms with Crippen LogP contribution in [0.2, 0.25) is 0 Å². The van der Waals surface area contributed by atoms with Crippen molar-refractivity contribution in [2.75, 3.05) is 27.3 Å². The van der Waals surface area contributed by atoms with E-state index < -0.39 is 10.0 Å². The standard InChI is InChI=1S/C27H32N2O4S/c1-32-25-10-8-23(9-11-25)21-29(34(30,31)27-14-12-26(33-2)13-15-27)24-16-18-28(19-17-24)20-22-6-4-3-5-7-22/h3-15,24H,16-21H2,1-2H3. The van der Waals surface area contributed by atoms with E-state index in [2.05, 4.69) is 29.2 Å². The van der Waals surface area contributed by atoms with Gasteiger partial charge >= 0.3 is 0 Å². The van der Waals surface area contributed by atoms with E-state index in [4.69, 9.17) is 9.47 Å². The quantitative estimate of drug-likeness (QED) is 0.449. The fourth-order valence-electron chi connectivity index (χ4n) is 4.41. The Kier molecular flexibility index (Phi) is 7.88. The first kappa shape index (κ1) is 24.3. The largest absolute Gasteiger partial charge is 0.497 e. The zero-order valence-electron chi connectivity index (χ0n) is 19.8. The van der Waals surface area contributed by atoms with E-state index in [1.807, 2.05) is 30.3 Å². The van der Waals surface area contributed by atoms with Gasteiger partial charge in [0.2, 0.25) is 10.0 Å². The summed E-state index contributed by atoms with van der Waals surface area (Å²) in [6.07, 6.45) is 1.58. The molecule has 0 radical (unpaired) electrons. The Morgan fingerprint density at radius 3 is 1.91 bits per heavy atom. The van der Waals surface area contributed by atoms with Crippen molar-refractivity contribution >= 4 is 10.0 Å². The maximum absolute atomic E-state index is 13.8. The van der Waals surface area contributed by atoms with Gasteiger partial charge in [-0.05, 0) is 60.4 Å². The fourth-order valence-corrected chi connectivity index (χ4v) is 6.08. The summed E-state index contributed by atoms with van der Waals surface area (Å²) >= 11 is 0. The Hall–Kier alpha value is -2.87. The normalized spacial score (nSPS) is 15.4. The second-order valence-corrected chi connectivity index (χ2v) is 10.5. The molecule has 1 fully saturated rings. The lowest BCUT2D eigenvalue weighted by atomic mass is 10.0. The second-order valence-electron chi connectivity index (χ2n) is 8.57. The number of piperidine rings is 1. The number of rotatable bonds is 9. The third kappa shape index (κ3) is 5.78. The van der Waals surface area contributed by atoms with E-state index in [-0.39, 0.29) is 10.9 Å². The summed E-state index contributed by atoms with van der Waals surface area (Å²) in [5.74, 6) is 1.39. The van der Waals surface area contributed by atoms with E-state index >= 15 is 0 Å². The molecule has 0 atom stereocenters. The Morgan fingerprint density at radius 2 is 1.35 bits per heavy atom. The van der Waals surface area contributed by atoms with Crippen LogP contribution >= 0.6 is 0 Å². The molecule has 0 N–H and O–H groups in total. The van der Waals surface area contributed by atoms with Crippen LogP contribution in [0.3, 0.4) is 0 Å². The number of nitrogens with zero attached hydrogens (tertiary/aromatic N) is 2. The summed E-state index contributed by atoms with van der Waals surface area (Å²) in [5.41, 5.74) is 2.21. The minimum absolute atomic E-state index is 0.0683. The molecular formula is C27H32N2O4S. The minimum Gasteiger partial charge on any atom is -0.497 e. The van der Waals surface area contributed by atoms with Crippen molar-refractivity contribution < 1.29 is 17.9 Å². The minimum atomic E-state index is -3.69. The zero-order valence-corrected chi connectivity index (χ0v) is 20.6. The Labute approximate surface area is 202 Å². The van der Waals surface area contributed by atoms with Gasteiger partial charge in [-0.3, -0.25) is 4.90 Å². The van der Waals surface area contributed by atoms with E-state index in [9.17, 15) is 8.42 Å². The highest BCUT2D eigenvalue weighted by Gasteiger charge is 2.34. The lowest BCUT2D eigenvalue weighted by Gasteiger charge is -2.38. The van der Waals surface area contributed by atoms with Crippen molar-refractivity contribution in [2.45, 2.75) is 36.9 Å². The van der Waals surface area contributed by atoms with Gasteiger partial charge in [-0.1, -0.05) is 42.5 Å². The van der Waals surface area contributed by atoms with Crippen LogP contribution < -0.4 is 9.47 Å². The molecule has 6 nitrogen and oxygen atoms in total. The SMILES string of the molecule is COc1ccc(CN(C2CCN(Cc3ccccc3)CC2)S(=O)(=O)c2ccc(OC)cc2)cc1. The molecule has 3 aromatic carbocycles. The van der Waals surface area contributed by atoms with Crippen LogP contribution in [0.4, 0.5) is 0 Å². The fraction of sp³-hybridized carbons (Fsp3) is 0.333. The molecule has 3 aromatic rings. The Balaban J connectivity index is 1.54. The van der Waals surface area contributed by atoms with E-state index in [0.29, 0.717) is 12.3 Å². The van der Waals surface area contributed by atoms with Crippen LogP contribution in [-0.2, 0) is 23.1 Å². The average molecular weight is 481 g/mol. The molecule has 0 amide bonds. The van der Waals surface area contributed by atoms with Crippen LogP contribution in [0, 0.1) is 0 Å². The van der Waals surface area contributed by atoms with E-state index in [1.165, 1.54) is 5.56 Å². The van der Waals surface area contributed by atoms with Crippen molar-refractivity contribution in [3.8, 4) is 11.5 Å². The first-order chi connectivity index (χ1) is 16.5. The van der Waals surface area contributed by atoms with Crippen molar-refractivity contribution in [3.05, 3.63) is 90.0 Å². The number of methoxy groups -OCH3 is 2. The van der Waals surface area contributed by atoms with Gasteiger partial charge in [0.05, 0.1) is 19.1 Å².